The van der Waals surface area contributed by atoms with Gasteiger partial charge in [0.05, 0.1) is 6.07 Å². The molecule has 0 aliphatic heterocycles. The van der Waals surface area contributed by atoms with Crippen LogP contribution in [0.1, 0.15) is 32.6 Å². The monoisotopic (exact) mass is 173 g/mol. The fraction of sp³-hybridized carbons (Fsp3) is 0.417. The van der Waals surface area contributed by atoms with Gasteiger partial charge >= 0.3 is 0 Å². The predicted octanol–water partition coefficient (Wildman–Crippen LogP) is 3.51. The summed E-state index contributed by atoms with van der Waals surface area (Å²) in [6, 6.07) is 2.02. The molecule has 1 aliphatic carbocycles. The Morgan fingerprint density at radius 2 is 2.38 bits per heavy atom. The lowest BCUT2D eigenvalue weighted by atomic mass is 9.99. The first-order chi connectivity index (χ1) is 6.33. The van der Waals surface area contributed by atoms with Gasteiger partial charge in [0.1, 0.15) is 0 Å². The summed E-state index contributed by atoms with van der Waals surface area (Å²) in [5, 5.41) is 8.40. The van der Waals surface area contributed by atoms with Crippen LogP contribution in [0.5, 0.6) is 0 Å². The van der Waals surface area contributed by atoms with Gasteiger partial charge in [-0.15, -0.1) is 0 Å². The molecule has 0 N–H and O–H groups in total. The van der Waals surface area contributed by atoms with Gasteiger partial charge in [-0.05, 0) is 38.2 Å². The summed E-state index contributed by atoms with van der Waals surface area (Å²) in [4.78, 5) is 0. The SMILES string of the molecule is CC(/C=C/C1=CCCCC1)=C\C#N. The highest BCUT2D eigenvalue weighted by molar-refractivity contribution is 5.29. The zero-order chi connectivity index (χ0) is 9.52. The van der Waals surface area contributed by atoms with Gasteiger partial charge in [0.15, 0.2) is 0 Å². The van der Waals surface area contributed by atoms with E-state index in [4.69, 9.17) is 5.26 Å². The van der Waals surface area contributed by atoms with Gasteiger partial charge in [0.2, 0.25) is 0 Å². The van der Waals surface area contributed by atoms with Crippen molar-refractivity contribution >= 4 is 0 Å². The second-order valence-corrected chi connectivity index (χ2v) is 3.38. The van der Waals surface area contributed by atoms with Crippen molar-refractivity contribution in [3.05, 3.63) is 35.5 Å². The lowest BCUT2D eigenvalue weighted by Crippen LogP contribution is -1.88. The molecule has 0 fully saturated rings. The zero-order valence-electron chi connectivity index (χ0n) is 8.09. The van der Waals surface area contributed by atoms with Crippen LogP contribution in [0.3, 0.4) is 0 Å². The Kier molecular flexibility index (Phi) is 4.05. The second kappa shape index (κ2) is 5.37. The topological polar surface area (TPSA) is 23.8 Å². The molecule has 0 bridgehead atoms. The first-order valence-corrected chi connectivity index (χ1v) is 4.76. The first kappa shape index (κ1) is 9.80. The molecule has 0 spiro atoms. The maximum Gasteiger partial charge on any atom is 0.0914 e. The summed E-state index contributed by atoms with van der Waals surface area (Å²) in [6.45, 7) is 1.95. The van der Waals surface area contributed by atoms with Crippen LogP contribution < -0.4 is 0 Å². The minimum atomic E-state index is 1.02. The molecule has 0 radical (unpaired) electrons. The molecule has 13 heavy (non-hydrogen) atoms. The van der Waals surface area contributed by atoms with E-state index >= 15 is 0 Å². The van der Waals surface area contributed by atoms with Gasteiger partial charge in [-0.2, -0.15) is 5.26 Å². The maximum absolute atomic E-state index is 8.40. The third-order valence-electron chi connectivity index (χ3n) is 2.18. The smallest absolute Gasteiger partial charge is 0.0914 e. The van der Waals surface area contributed by atoms with Crippen molar-refractivity contribution in [1.82, 2.24) is 0 Å². The third kappa shape index (κ3) is 3.75. The molecule has 1 rings (SSSR count). The van der Waals surface area contributed by atoms with E-state index in [9.17, 15) is 0 Å². The zero-order valence-corrected chi connectivity index (χ0v) is 8.09. The summed E-state index contributed by atoms with van der Waals surface area (Å²) in [7, 11) is 0. The van der Waals surface area contributed by atoms with Gasteiger partial charge in [-0.3, -0.25) is 0 Å². The van der Waals surface area contributed by atoms with E-state index in [2.05, 4.69) is 12.2 Å². The number of nitrogens with zero attached hydrogens (tertiary/aromatic N) is 1. The van der Waals surface area contributed by atoms with Gasteiger partial charge in [0, 0.05) is 6.08 Å². The number of hydrogen-bond donors (Lipinski definition) is 0. The Bertz CT molecular complexity index is 287. The molecular formula is C12H15N. The van der Waals surface area contributed by atoms with E-state index in [-0.39, 0.29) is 0 Å². The number of allylic oxidation sites excluding steroid dienone is 6. The van der Waals surface area contributed by atoms with Crippen LogP contribution in [0.4, 0.5) is 0 Å². The second-order valence-electron chi connectivity index (χ2n) is 3.38. The molecule has 0 saturated carbocycles. The van der Waals surface area contributed by atoms with Crippen molar-refractivity contribution in [2.75, 3.05) is 0 Å². The van der Waals surface area contributed by atoms with Crippen molar-refractivity contribution in [3.63, 3.8) is 0 Å². The molecule has 0 amide bonds. The van der Waals surface area contributed by atoms with Crippen LogP contribution in [0.15, 0.2) is 35.5 Å². The van der Waals surface area contributed by atoms with E-state index in [0.29, 0.717) is 0 Å². The summed E-state index contributed by atoms with van der Waals surface area (Å²) in [6.07, 6.45) is 13.0. The minimum Gasteiger partial charge on any atom is -0.193 e. The fourth-order valence-corrected chi connectivity index (χ4v) is 1.40. The summed E-state index contributed by atoms with van der Waals surface area (Å²) in [5.74, 6) is 0. The summed E-state index contributed by atoms with van der Waals surface area (Å²) < 4.78 is 0. The molecule has 0 aromatic rings. The predicted molar refractivity (Wildman–Crippen MR) is 55.1 cm³/mol. The average molecular weight is 173 g/mol. The molecule has 0 aromatic carbocycles. The highest BCUT2D eigenvalue weighted by Gasteiger charge is 1.98. The van der Waals surface area contributed by atoms with E-state index in [1.807, 2.05) is 19.1 Å². The standard InChI is InChI=1S/C12H15N/c1-11(9-10-13)7-8-12-5-3-2-4-6-12/h5,7-9H,2-4,6H2,1H3/b8-7+,11-9+. The Hall–Kier alpha value is -1.29. The first-order valence-electron chi connectivity index (χ1n) is 4.76. The Labute approximate surface area is 80.1 Å². The van der Waals surface area contributed by atoms with Gasteiger partial charge in [-0.1, -0.05) is 23.8 Å². The van der Waals surface area contributed by atoms with Crippen LogP contribution in [-0.2, 0) is 0 Å². The quantitative estimate of drug-likeness (QED) is 0.463. The normalized spacial score (nSPS) is 18.5. The Balaban J connectivity index is 2.52. The maximum atomic E-state index is 8.40. The van der Waals surface area contributed by atoms with Crippen LogP contribution in [0.2, 0.25) is 0 Å². The van der Waals surface area contributed by atoms with Crippen LogP contribution in [0.25, 0.3) is 0 Å². The summed E-state index contributed by atoms with van der Waals surface area (Å²) in [5.41, 5.74) is 2.44. The third-order valence-corrected chi connectivity index (χ3v) is 2.18. The molecule has 68 valence electrons. The molecular weight excluding hydrogens is 158 g/mol. The number of rotatable bonds is 2. The van der Waals surface area contributed by atoms with E-state index in [0.717, 1.165) is 5.57 Å². The van der Waals surface area contributed by atoms with Crippen LogP contribution in [0, 0.1) is 11.3 Å². The number of hydrogen-bond acceptors (Lipinski definition) is 1. The molecule has 1 aliphatic rings. The Morgan fingerprint density at radius 3 is 3.00 bits per heavy atom. The molecule has 0 heterocycles. The molecule has 1 nitrogen and oxygen atoms in total. The van der Waals surface area contributed by atoms with Crippen molar-refractivity contribution in [2.24, 2.45) is 0 Å². The largest absolute Gasteiger partial charge is 0.193 e. The molecule has 0 atom stereocenters. The molecule has 0 aromatic heterocycles. The van der Waals surface area contributed by atoms with Gasteiger partial charge < -0.3 is 0 Å². The van der Waals surface area contributed by atoms with Crippen molar-refractivity contribution in [3.8, 4) is 6.07 Å². The lowest BCUT2D eigenvalue weighted by Gasteiger charge is -2.07. The highest BCUT2D eigenvalue weighted by atomic mass is 14.2. The summed E-state index contributed by atoms with van der Waals surface area (Å²) >= 11 is 0. The van der Waals surface area contributed by atoms with E-state index < -0.39 is 0 Å². The van der Waals surface area contributed by atoms with Crippen molar-refractivity contribution < 1.29 is 0 Å². The van der Waals surface area contributed by atoms with Gasteiger partial charge in [0.25, 0.3) is 0 Å². The molecule has 1 heteroatoms. The average Bonchev–Trinajstić information content (AvgIpc) is 2.17. The van der Waals surface area contributed by atoms with Crippen LogP contribution in [-0.4, -0.2) is 0 Å². The molecule has 0 saturated heterocycles. The fourth-order valence-electron chi connectivity index (χ4n) is 1.40. The van der Waals surface area contributed by atoms with Crippen molar-refractivity contribution in [1.29, 1.82) is 5.26 Å². The van der Waals surface area contributed by atoms with Crippen molar-refractivity contribution in [2.45, 2.75) is 32.6 Å². The van der Waals surface area contributed by atoms with Gasteiger partial charge in [-0.25, -0.2) is 0 Å². The Morgan fingerprint density at radius 1 is 1.54 bits per heavy atom. The molecule has 0 unspecified atom stereocenters. The van der Waals surface area contributed by atoms with E-state index in [1.54, 1.807) is 6.08 Å². The minimum absolute atomic E-state index is 1.02. The van der Waals surface area contributed by atoms with Crippen LogP contribution >= 0.6 is 0 Å². The van der Waals surface area contributed by atoms with E-state index in [1.165, 1.54) is 31.3 Å². The lowest BCUT2D eigenvalue weighted by molar-refractivity contribution is 0.712. The number of nitriles is 1. The highest BCUT2D eigenvalue weighted by Crippen LogP contribution is 2.18.